The molecule has 2 saturated heterocycles. The highest BCUT2D eigenvalue weighted by atomic mass is 16.6. The Morgan fingerprint density at radius 1 is 1.14 bits per heavy atom. The van der Waals surface area contributed by atoms with Crippen LogP contribution in [-0.4, -0.2) is 77.2 Å². The Morgan fingerprint density at radius 2 is 1.75 bits per heavy atom. The molecule has 2 rings (SSSR count). The third-order valence-corrected chi connectivity index (χ3v) is 4.49. The summed E-state index contributed by atoms with van der Waals surface area (Å²) < 4.78 is 5.41. The van der Waals surface area contributed by atoms with Gasteiger partial charge in [-0.25, -0.2) is 4.79 Å². The van der Waals surface area contributed by atoms with E-state index >= 15 is 0 Å². The second-order valence-corrected chi connectivity index (χ2v) is 6.45. The van der Waals surface area contributed by atoms with Crippen molar-refractivity contribution in [3.63, 3.8) is 0 Å². The smallest absolute Gasteiger partial charge is 0.411 e. The number of piperidine rings is 1. The topological polar surface area (TPSA) is 152 Å². The predicted octanol–water partition coefficient (Wildman–Crippen LogP) is 1.24. The number of carboxylic acids is 1. The minimum Gasteiger partial charge on any atom is -0.480 e. The molecule has 10 heteroatoms. The lowest BCUT2D eigenvalue weighted by Gasteiger charge is -2.37. The summed E-state index contributed by atoms with van der Waals surface area (Å²) in [7, 11) is 0. The number of carboxylic acid groups (broad SMARTS) is 1. The first kappa shape index (κ1) is 27.7. The summed E-state index contributed by atoms with van der Waals surface area (Å²) in [6.07, 6.45) is 2.32. The van der Waals surface area contributed by atoms with E-state index in [9.17, 15) is 14.4 Å². The van der Waals surface area contributed by atoms with Gasteiger partial charge in [0.05, 0.1) is 6.54 Å². The van der Waals surface area contributed by atoms with Gasteiger partial charge in [-0.3, -0.25) is 19.5 Å². The number of unbranched alkanes of at least 4 members (excludes halogenated alkanes) is 1. The van der Waals surface area contributed by atoms with E-state index in [1.807, 2.05) is 0 Å². The number of likely N-dealkylation sites (tertiary alicyclic amines) is 1. The van der Waals surface area contributed by atoms with Crippen LogP contribution < -0.4 is 11.5 Å². The highest BCUT2D eigenvalue weighted by Gasteiger charge is 2.47. The number of ether oxygens (including phenoxy) is 1. The molecule has 0 aromatic heterocycles. The Morgan fingerprint density at radius 3 is 2.29 bits per heavy atom. The van der Waals surface area contributed by atoms with E-state index in [2.05, 4.69) is 4.99 Å². The van der Waals surface area contributed by atoms with Crippen LogP contribution in [0.4, 0.5) is 4.79 Å². The van der Waals surface area contributed by atoms with Gasteiger partial charge < -0.3 is 26.2 Å². The maximum atomic E-state index is 12.2. The fourth-order valence-corrected chi connectivity index (χ4v) is 3.16. The molecule has 10 nitrogen and oxygen atoms in total. The van der Waals surface area contributed by atoms with E-state index < -0.39 is 17.7 Å². The van der Waals surface area contributed by atoms with Crippen molar-refractivity contribution in [3.8, 4) is 0 Å². The van der Waals surface area contributed by atoms with E-state index in [0.29, 0.717) is 45.3 Å². The van der Waals surface area contributed by atoms with Crippen LogP contribution in [0.3, 0.4) is 0 Å². The van der Waals surface area contributed by atoms with E-state index in [1.165, 1.54) is 4.90 Å². The highest BCUT2D eigenvalue weighted by molar-refractivity contribution is 5.79. The molecule has 0 unspecified atom stereocenters. The quantitative estimate of drug-likeness (QED) is 0.328. The van der Waals surface area contributed by atoms with E-state index in [4.69, 9.17) is 21.3 Å². The molecule has 2 heterocycles. The van der Waals surface area contributed by atoms with Gasteiger partial charge in [-0.05, 0) is 12.8 Å². The second-order valence-electron chi connectivity index (χ2n) is 6.45. The zero-order chi connectivity index (χ0) is 18.4. The van der Waals surface area contributed by atoms with Crippen LogP contribution in [0.15, 0.2) is 4.99 Å². The van der Waals surface area contributed by atoms with Gasteiger partial charge >= 0.3 is 12.1 Å². The molecule has 2 aliphatic heterocycles. The number of guanidine groups is 1. The monoisotopic (exact) mass is 403 g/mol. The number of nitrogens with zero attached hydrogens (tertiary/aromatic N) is 3. The van der Waals surface area contributed by atoms with Crippen LogP contribution in [0.2, 0.25) is 0 Å². The molecule has 2 fully saturated rings. The predicted molar refractivity (Wildman–Crippen MR) is 109 cm³/mol. The van der Waals surface area contributed by atoms with Crippen LogP contribution in [-0.2, 0) is 14.3 Å². The first-order valence-electron chi connectivity index (χ1n) is 8.34. The van der Waals surface area contributed by atoms with Crippen molar-refractivity contribution in [1.29, 1.82) is 0 Å². The van der Waals surface area contributed by atoms with Crippen molar-refractivity contribution >= 4 is 23.9 Å². The summed E-state index contributed by atoms with van der Waals surface area (Å²) in [6.45, 7) is 1.41. The number of carbonyl (C=O) groups excluding carboxylic acids is 2. The average Bonchev–Trinajstić information content (AvgIpc) is 2.82. The lowest BCUT2D eigenvalue weighted by atomic mass is 9.91. The van der Waals surface area contributed by atoms with Gasteiger partial charge in [-0.2, -0.15) is 0 Å². The maximum absolute atomic E-state index is 12.2. The van der Waals surface area contributed by atoms with Crippen LogP contribution in [0.25, 0.3) is 0 Å². The molecule has 0 aromatic rings. The first-order valence-corrected chi connectivity index (χ1v) is 8.34. The largest absolute Gasteiger partial charge is 0.480 e. The Hall–Kier alpha value is -2.52. The van der Waals surface area contributed by atoms with Gasteiger partial charge in [-0.15, -0.1) is 0 Å². The lowest BCUT2D eigenvalue weighted by Crippen LogP contribution is -2.48. The van der Waals surface area contributed by atoms with Crippen molar-refractivity contribution in [2.45, 2.75) is 60.0 Å². The van der Waals surface area contributed by atoms with Crippen LogP contribution in [0, 0.1) is 0 Å². The van der Waals surface area contributed by atoms with E-state index in [0.717, 1.165) is 6.42 Å². The molecule has 2 amide bonds. The fourth-order valence-electron chi connectivity index (χ4n) is 3.16. The summed E-state index contributed by atoms with van der Waals surface area (Å²) in [6, 6.07) is 0. The number of hydrogen-bond donors (Lipinski definition) is 3. The molecular weight excluding hydrogens is 366 g/mol. The lowest BCUT2D eigenvalue weighted by molar-refractivity contribution is -0.137. The molecule has 1 spiro atoms. The van der Waals surface area contributed by atoms with Crippen molar-refractivity contribution in [2.75, 3.05) is 32.7 Å². The van der Waals surface area contributed by atoms with Crippen LogP contribution >= 0.6 is 0 Å². The van der Waals surface area contributed by atoms with Gasteiger partial charge in [-0.1, -0.05) is 22.3 Å². The van der Waals surface area contributed by atoms with Gasteiger partial charge in [0.2, 0.25) is 5.91 Å². The van der Waals surface area contributed by atoms with Crippen LogP contribution in [0.1, 0.15) is 54.4 Å². The van der Waals surface area contributed by atoms with Crippen molar-refractivity contribution < 1.29 is 24.2 Å². The summed E-state index contributed by atoms with van der Waals surface area (Å²) in [5, 5.41) is 8.82. The summed E-state index contributed by atoms with van der Waals surface area (Å²) in [5.74, 6) is -0.954. The van der Waals surface area contributed by atoms with Gasteiger partial charge in [0.1, 0.15) is 12.1 Å². The molecule has 0 aromatic carbocycles. The average molecular weight is 404 g/mol. The number of amides is 2. The van der Waals surface area contributed by atoms with Gasteiger partial charge in [0.25, 0.3) is 0 Å². The molecule has 28 heavy (non-hydrogen) atoms. The van der Waals surface area contributed by atoms with Crippen LogP contribution in [0.5, 0.6) is 0 Å². The zero-order valence-corrected chi connectivity index (χ0v) is 14.1. The molecule has 0 bridgehead atoms. The number of aliphatic carboxylic acids is 1. The van der Waals surface area contributed by atoms with Crippen molar-refractivity contribution in [2.24, 2.45) is 16.5 Å². The number of nitrogens with two attached hydrogens (primary N) is 2. The maximum Gasteiger partial charge on any atom is 0.411 e. The standard InChI is InChI=1S/C15H25N5O5.3CH4/c16-13(17)18-6-2-1-3-11(21)19-7-4-15(5-8-19)10-20(9-12(22)23)14(24)25-15;;;/h1-10H2,(H,22,23)(H4,16,17,18);3*1H4. The minimum atomic E-state index is -1.07. The first-order chi connectivity index (χ1) is 11.8. The van der Waals surface area contributed by atoms with Crippen molar-refractivity contribution in [1.82, 2.24) is 9.80 Å². The Kier molecular flexibility index (Phi) is 11.9. The summed E-state index contributed by atoms with van der Waals surface area (Å²) in [5.41, 5.74) is 9.80. The molecule has 0 aliphatic carbocycles. The van der Waals surface area contributed by atoms with Gasteiger partial charge in [0, 0.05) is 38.9 Å². The number of hydrogen-bond acceptors (Lipinski definition) is 5. The Labute approximate surface area is 167 Å². The van der Waals surface area contributed by atoms with Gasteiger partial charge in [0.15, 0.2) is 5.96 Å². The SMILES string of the molecule is C.C.C.NC(N)=NCCCCC(=O)N1CCC2(CC1)CN(CC(=O)O)C(=O)O2. The number of carbonyl (C=O) groups is 3. The summed E-state index contributed by atoms with van der Waals surface area (Å²) >= 11 is 0. The van der Waals surface area contributed by atoms with E-state index in [-0.39, 0.29) is 47.2 Å². The fraction of sp³-hybridized carbons (Fsp3) is 0.778. The molecule has 164 valence electrons. The Balaban J connectivity index is 0. The zero-order valence-electron chi connectivity index (χ0n) is 14.1. The van der Waals surface area contributed by atoms with Crippen molar-refractivity contribution in [3.05, 3.63) is 0 Å². The normalized spacial score (nSPS) is 16.9. The second kappa shape index (κ2) is 12.0. The molecule has 2 aliphatic rings. The van der Waals surface area contributed by atoms with E-state index in [1.54, 1.807) is 4.90 Å². The third kappa shape index (κ3) is 7.61. The third-order valence-electron chi connectivity index (χ3n) is 4.49. The molecule has 0 saturated carbocycles. The Bertz CT molecular complexity index is 555. The molecular formula is C18H37N5O5. The number of aliphatic imine (C=N–C) groups is 1. The number of rotatable bonds is 7. The molecule has 5 N–H and O–H groups in total. The minimum absolute atomic E-state index is 0. The highest BCUT2D eigenvalue weighted by Crippen LogP contribution is 2.33. The molecule has 0 radical (unpaired) electrons. The molecule has 0 atom stereocenters. The summed E-state index contributed by atoms with van der Waals surface area (Å²) in [4.78, 5) is 41.6.